The van der Waals surface area contributed by atoms with Crippen LogP contribution in [-0.4, -0.2) is 16.1 Å². The molecule has 0 saturated heterocycles. The van der Waals surface area contributed by atoms with E-state index < -0.39 is 0 Å². The highest BCUT2D eigenvalue weighted by Crippen LogP contribution is 2.19. The molecule has 1 unspecified atom stereocenters. The van der Waals surface area contributed by atoms with Gasteiger partial charge in [-0.15, -0.1) is 0 Å². The number of nitrogens with zero attached hydrogens (tertiary/aromatic N) is 2. The van der Waals surface area contributed by atoms with Crippen molar-refractivity contribution in [3.8, 4) is 0 Å². The monoisotopic (exact) mass is 257 g/mol. The maximum atomic E-state index is 4.48. The van der Waals surface area contributed by atoms with Crippen molar-refractivity contribution in [2.75, 3.05) is 6.54 Å². The molecular formula is C16H23N3. The van der Waals surface area contributed by atoms with Crippen LogP contribution in [-0.2, 0) is 13.0 Å². The third kappa shape index (κ3) is 3.44. The van der Waals surface area contributed by atoms with Gasteiger partial charge in [-0.3, -0.25) is 0 Å². The van der Waals surface area contributed by atoms with Gasteiger partial charge in [0, 0.05) is 31.4 Å². The van der Waals surface area contributed by atoms with Gasteiger partial charge < -0.3 is 9.88 Å². The lowest BCUT2D eigenvalue weighted by molar-refractivity contribution is 0.522. The first kappa shape index (κ1) is 13.8. The van der Waals surface area contributed by atoms with E-state index >= 15 is 0 Å². The first-order valence-corrected chi connectivity index (χ1v) is 7.04. The zero-order valence-electron chi connectivity index (χ0n) is 12.1. The van der Waals surface area contributed by atoms with E-state index in [1.807, 2.05) is 6.20 Å². The fourth-order valence-electron chi connectivity index (χ4n) is 2.44. The van der Waals surface area contributed by atoms with Crippen molar-refractivity contribution in [2.45, 2.75) is 39.8 Å². The van der Waals surface area contributed by atoms with Crippen molar-refractivity contribution in [1.82, 2.24) is 14.9 Å². The third-order valence-electron chi connectivity index (χ3n) is 3.42. The van der Waals surface area contributed by atoms with Gasteiger partial charge in [-0.25, -0.2) is 4.98 Å². The summed E-state index contributed by atoms with van der Waals surface area (Å²) in [5.74, 6) is 1.15. The topological polar surface area (TPSA) is 29.9 Å². The summed E-state index contributed by atoms with van der Waals surface area (Å²) in [4.78, 5) is 4.48. The largest absolute Gasteiger partial charge is 0.335 e. The van der Waals surface area contributed by atoms with Gasteiger partial charge in [0.05, 0.1) is 0 Å². The fourth-order valence-corrected chi connectivity index (χ4v) is 2.44. The molecule has 1 aromatic carbocycles. The van der Waals surface area contributed by atoms with Gasteiger partial charge >= 0.3 is 0 Å². The molecule has 1 heterocycles. The van der Waals surface area contributed by atoms with Gasteiger partial charge in [-0.2, -0.15) is 0 Å². The summed E-state index contributed by atoms with van der Waals surface area (Å²) in [6, 6.07) is 9.05. The second-order valence-corrected chi connectivity index (χ2v) is 4.86. The van der Waals surface area contributed by atoms with Crippen LogP contribution in [0.25, 0.3) is 0 Å². The molecule has 0 aliphatic rings. The number of aromatic nitrogens is 2. The summed E-state index contributed by atoms with van der Waals surface area (Å²) in [5, 5.41) is 3.56. The molecule has 0 amide bonds. The van der Waals surface area contributed by atoms with E-state index in [1.165, 1.54) is 11.1 Å². The maximum Gasteiger partial charge on any atom is 0.110 e. The molecule has 2 aromatic rings. The van der Waals surface area contributed by atoms with Crippen LogP contribution in [0.3, 0.4) is 0 Å². The lowest BCUT2D eigenvalue weighted by atomic mass is 10.0. The molecule has 0 aliphatic carbocycles. The first-order chi connectivity index (χ1) is 9.24. The summed E-state index contributed by atoms with van der Waals surface area (Å²) in [6.07, 6.45) is 4.87. The average molecular weight is 257 g/mol. The van der Waals surface area contributed by atoms with Crippen molar-refractivity contribution in [1.29, 1.82) is 0 Å². The number of rotatable bonds is 6. The van der Waals surface area contributed by atoms with Gasteiger partial charge in [-0.05, 0) is 26.0 Å². The molecule has 102 valence electrons. The van der Waals surface area contributed by atoms with E-state index in [-0.39, 0.29) is 0 Å². The molecule has 0 spiro atoms. The number of hydrogen-bond acceptors (Lipinski definition) is 2. The lowest BCUT2D eigenvalue weighted by Crippen LogP contribution is -2.24. The molecular weight excluding hydrogens is 234 g/mol. The molecule has 1 N–H and O–H groups in total. The Morgan fingerprint density at radius 1 is 1.32 bits per heavy atom. The Bertz CT molecular complexity index is 516. The van der Waals surface area contributed by atoms with Gasteiger partial charge in [-0.1, -0.05) is 36.8 Å². The standard InChI is InChI=1S/C16H23N3/c1-4-17-15(14-8-6-7-13(3)11-14)12-16-18-9-10-19(16)5-2/h6-11,15,17H,4-5,12H2,1-3H3. The molecule has 19 heavy (non-hydrogen) atoms. The molecule has 1 aromatic heterocycles. The smallest absolute Gasteiger partial charge is 0.110 e. The van der Waals surface area contributed by atoms with Gasteiger partial charge in [0.2, 0.25) is 0 Å². The van der Waals surface area contributed by atoms with Crippen LogP contribution in [0.5, 0.6) is 0 Å². The number of imidazole rings is 1. The van der Waals surface area contributed by atoms with Crippen molar-refractivity contribution in [3.05, 3.63) is 53.6 Å². The van der Waals surface area contributed by atoms with Crippen LogP contribution in [0.15, 0.2) is 36.7 Å². The highest BCUT2D eigenvalue weighted by Gasteiger charge is 2.14. The highest BCUT2D eigenvalue weighted by atomic mass is 15.1. The summed E-state index contributed by atoms with van der Waals surface area (Å²) < 4.78 is 2.21. The fraction of sp³-hybridized carbons (Fsp3) is 0.438. The Hall–Kier alpha value is -1.61. The molecule has 0 saturated carbocycles. The highest BCUT2D eigenvalue weighted by molar-refractivity contribution is 5.26. The van der Waals surface area contributed by atoms with E-state index in [0.717, 1.165) is 25.3 Å². The van der Waals surface area contributed by atoms with Crippen LogP contribution < -0.4 is 5.32 Å². The van der Waals surface area contributed by atoms with Crippen molar-refractivity contribution in [3.63, 3.8) is 0 Å². The molecule has 2 rings (SSSR count). The number of aryl methyl sites for hydroxylation is 2. The Labute approximate surface area is 115 Å². The van der Waals surface area contributed by atoms with Gasteiger partial charge in [0.1, 0.15) is 5.82 Å². The van der Waals surface area contributed by atoms with Crippen LogP contribution in [0, 0.1) is 6.92 Å². The Kier molecular flexibility index (Phi) is 4.74. The van der Waals surface area contributed by atoms with Crippen LogP contribution in [0.4, 0.5) is 0 Å². The summed E-state index contributed by atoms with van der Waals surface area (Å²) in [6.45, 7) is 8.38. The quantitative estimate of drug-likeness (QED) is 0.861. The minimum Gasteiger partial charge on any atom is -0.335 e. The molecule has 0 aliphatic heterocycles. The molecule has 3 heteroatoms. The predicted molar refractivity (Wildman–Crippen MR) is 79.2 cm³/mol. The summed E-state index contributed by atoms with van der Waals surface area (Å²) in [7, 11) is 0. The average Bonchev–Trinajstić information content (AvgIpc) is 2.85. The van der Waals surface area contributed by atoms with Crippen molar-refractivity contribution < 1.29 is 0 Å². The second kappa shape index (κ2) is 6.53. The third-order valence-corrected chi connectivity index (χ3v) is 3.42. The molecule has 0 fully saturated rings. The van der Waals surface area contributed by atoms with Crippen LogP contribution in [0.2, 0.25) is 0 Å². The van der Waals surface area contributed by atoms with Crippen molar-refractivity contribution in [2.24, 2.45) is 0 Å². The Morgan fingerprint density at radius 3 is 2.84 bits per heavy atom. The van der Waals surface area contributed by atoms with E-state index in [1.54, 1.807) is 0 Å². The normalized spacial score (nSPS) is 12.6. The molecule has 0 bridgehead atoms. The van der Waals surface area contributed by atoms with E-state index in [0.29, 0.717) is 6.04 Å². The molecule has 0 radical (unpaired) electrons. The summed E-state index contributed by atoms with van der Waals surface area (Å²) in [5.41, 5.74) is 2.65. The zero-order valence-corrected chi connectivity index (χ0v) is 12.1. The molecule has 1 atom stereocenters. The SMILES string of the molecule is CCNC(Cc1nccn1CC)c1cccc(C)c1. The number of likely N-dealkylation sites (N-methyl/N-ethyl adjacent to an activating group) is 1. The second-order valence-electron chi connectivity index (χ2n) is 4.86. The minimum atomic E-state index is 0.331. The zero-order chi connectivity index (χ0) is 13.7. The minimum absolute atomic E-state index is 0.331. The first-order valence-electron chi connectivity index (χ1n) is 7.04. The Balaban J connectivity index is 2.21. The number of hydrogen-bond donors (Lipinski definition) is 1. The number of benzene rings is 1. The Morgan fingerprint density at radius 2 is 2.16 bits per heavy atom. The lowest BCUT2D eigenvalue weighted by Gasteiger charge is -2.19. The van der Waals surface area contributed by atoms with Crippen LogP contribution >= 0.6 is 0 Å². The maximum absolute atomic E-state index is 4.48. The van der Waals surface area contributed by atoms with Gasteiger partial charge in [0.25, 0.3) is 0 Å². The van der Waals surface area contributed by atoms with E-state index in [9.17, 15) is 0 Å². The summed E-state index contributed by atoms with van der Waals surface area (Å²) >= 11 is 0. The van der Waals surface area contributed by atoms with Crippen molar-refractivity contribution >= 4 is 0 Å². The predicted octanol–water partition coefficient (Wildman–Crippen LogP) is 3.10. The molecule has 3 nitrogen and oxygen atoms in total. The number of nitrogens with one attached hydrogen (secondary N) is 1. The van der Waals surface area contributed by atoms with E-state index in [4.69, 9.17) is 0 Å². The van der Waals surface area contributed by atoms with Crippen LogP contribution in [0.1, 0.15) is 36.8 Å². The van der Waals surface area contributed by atoms with Gasteiger partial charge in [0.15, 0.2) is 0 Å². The van der Waals surface area contributed by atoms with E-state index in [2.05, 4.69) is 66.1 Å².